The van der Waals surface area contributed by atoms with Crippen molar-refractivity contribution in [3.05, 3.63) is 87.3 Å². The molecule has 0 saturated carbocycles. The fourth-order valence-electron chi connectivity index (χ4n) is 2.79. The van der Waals surface area contributed by atoms with Crippen LogP contribution in [0.2, 0.25) is 0 Å². The number of hydrogen-bond donors (Lipinski definition) is 1. The standard InChI is InChI=1S/C22H20N4O3S/c1-14(2)21-25-26-19(27)12-17(24-22(26)30-21)13-29-18-10-6-9-16(11-18)23-20(28)15-7-4-3-5-8-15/h3-12,14H,13H2,1-2H3,(H,23,28). The van der Waals surface area contributed by atoms with Crippen molar-refractivity contribution in [1.82, 2.24) is 14.6 Å². The maximum Gasteiger partial charge on any atom is 0.275 e. The molecule has 4 aromatic rings. The van der Waals surface area contributed by atoms with Crippen molar-refractivity contribution >= 4 is 27.9 Å². The third-order valence-corrected chi connectivity index (χ3v) is 5.53. The zero-order valence-corrected chi connectivity index (χ0v) is 17.3. The first-order valence-corrected chi connectivity index (χ1v) is 10.3. The predicted octanol–water partition coefficient (Wildman–Crippen LogP) is 4.11. The van der Waals surface area contributed by atoms with E-state index in [9.17, 15) is 9.59 Å². The Morgan fingerprint density at radius 3 is 2.70 bits per heavy atom. The zero-order chi connectivity index (χ0) is 21.1. The normalized spacial score (nSPS) is 11.0. The van der Waals surface area contributed by atoms with Gasteiger partial charge < -0.3 is 10.1 Å². The van der Waals surface area contributed by atoms with Crippen LogP contribution in [0.25, 0.3) is 4.96 Å². The van der Waals surface area contributed by atoms with Gasteiger partial charge >= 0.3 is 0 Å². The van der Waals surface area contributed by atoms with Crippen LogP contribution in [-0.4, -0.2) is 20.5 Å². The highest BCUT2D eigenvalue weighted by atomic mass is 32.1. The first kappa shape index (κ1) is 19.8. The monoisotopic (exact) mass is 420 g/mol. The first-order valence-electron chi connectivity index (χ1n) is 9.48. The van der Waals surface area contributed by atoms with Crippen LogP contribution in [-0.2, 0) is 6.61 Å². The summed E-state index contributed by atoms with van der Waals surface area (Å²) in [6.45, 7) is 4.18. The van der Waals surface area contributed by atoms with Crippen LogP contribution in [0, 0.1) is 0 Å². The number of nitrogens with one attached hydrogen (secondary N) is 1. The number of anilines is 1. The highest BCUT2D eigenvalue weighted by Gasteiger charge is 2.12. The summed E-state index contributed by atoms with van der Waals surface area (Å²) in [6, 6.07) is 17.5. The van der Waals surface area contributed by atoms with Crippen LogP contribution >= 0.6 is 11.3 Å². The number of carbonyl (C=O) groups excluding carboxylic acids is 1. The average molecular weight is 420 g/mol. The van der Waals surface area contributed by atoms with Crippen molar-refractivity contribution in [1.29, 1.82) is 0 Å². The van der Waals surface area contributed by atoms with Gasteiger partial charge in [-0.25, -0.2) is 4.98 Å². The molecule has 0 atom stereocenters. The number of fused-ring (bicyclic) bond motifs is 1. The second-order valence-corrected chi connectivity index (χ2v) is 8.00. The molecule has 1 N–H and O–H groups in total. The van der Waals surface area contributed by atoms with E-state index in [1.807, 2.05) is 32.0 Å². The van der Waals surface area contributed by atoms with Gasteiger partial charge in [0.15, 0.2) is 0 Å². The third-order valence-electron chi connectivity index (χ3n) is 4.32. The van der Waals surface area contributed by atoms with Gasteiger partial charge in [0, 0.05) is 29.3 Å². The lowest BCUT2D eigenvalue weighted by atomic mass is 10.2. The summed E-state index contributed by atoms with van der Waals surface area (Å²) in [5.74, 6) is 0.596. The molecule has 30 heavy (non-hydrogen) atoms. The van der Waals surface area contributed by atoms with Crippen LogP contribution in [0.4, 0.5) is 5.69 Å². The Balaban J connectivity index is 1.47. The largest absolute Gasteiger partial charge is 0.487 e. The maximum absolute atomic E-state index is 12.3. The smallest absolute Gasteiger partial charge is 0.275 e. The second kappa shape index (κ2) is 8.46. The molecule has 0 spiro atoms. The van der Waals surface area contributed by atoms with Crippen LogP contribution in [0.1, 0.15) is 40.8 Å². The molecule has 2 heterocycles. The molecule has 2 aromatic carbocycles. The number of amides is 1. The molecule has 4 rings (SSSR count). The van der Waals surface area contributed by atoms with Gasteiger partial charge in [-0.15, -0.1) is 0 Å². The van der Waals surface area contributed by atoms with E-state index in [1.165, 1.54) is 21.9 Å². The first-order chi connectivity index (χ1) is 14.5. The number of rotatable bonds is 6. The van der Waals surface area contributed by atoms with E-state index in [1.54, 1.807) is 36.4 Å². The van der Waals surface area contributed by atoms with E-state index in [2.05, 4.69) is 15.4 Å². The Kier molecular flexibility index (Phi) is 5.58. The van der Waals surface area contributed by atoms with Gasteiger partial charge in [0.25, 0.3) is 11.5 Å². The van der Waals surface area contributed by atoms with E-state index in [4.69, 9.17) is 4.74 Å². The predicted molar refractivity (Wildman–Crippen MR) is 116 cm³/mol. The Morgan fingerprint density at radius 1 is 1.13 bits per heavy atom. The fourth-order valence-corrected chi connectivity index (χ4v) is 3.72. The number of nitrogens with zero attached hydrogens (tertiary/aromatic N) is 3. The van der Waals surface area contributed by atoms with Crippen molar-refractivity contribution in [2.75, 3.05) is 5.32 Å². The van der Waals surface area contributed by atoms with Gasteiger partial charge in [0.05, 0.1) is 5.69 Å². The number of hydrogen-bond acceptors (Lipinski definition) is 6. The molecule has 0 aliphatic heterocycles. The summed E-state index contributed by atoms with van der Waals surface area (Å²) in [4.78, 5) is 29.7. The minimum absolute atomic E-state index is 0.136. The van der Waals surface area contributed by atoms with Gasteiger partial charge in [-0.05, 0) is 24.3 Å². The molecule has 0 aliphatic carbocycles. The second-order valence-electron chi connectivity index (χ2n) is 7.01. The highest BCUT2D eigenvalue weighted by molar-refractivity contribution is 7.16. The summed E-state index contributed by atoms with van der Waals surface area (Å²) < 4.78 is 7.12. The Labute approximate surface area is 177 Å². The summed E-state index contributed by atoms with van der Waals surface area (Å²) in [7, 11) is 0. The highest BCUT2D eigenvalue weighted by Crippen LogP contribution is 2.21. The molecule has 0 fully saturated rings. The Hall–Kier alpha value is -3.52. The molecule has 0 saturated heterocycles. The average Bonchev–Trinajstić information content (AvgIpc) is 3.18. The molecule has 8 heteroatoms. The molecule has 152 valence electrons. The fraction of sp³-hybridized carbons (Fsp3) is 0.182. The van der Waals surface area contributed by atoms with E-state index in [-0.39, 0.29) is 24.0 Å². The molecular formula is C22H20N4O3S. The maximum atomic E-state index is 12.3. The van der Waals surface area contributed by atoms with Gasteiger partial charge in [-0.3, -0.25) is 9.59 Å². The lowest BCUT2D eigenvalue weighted by Crippen LogP contribution is -2.16. The van der Waals surface area contributed by atoms with Gasteiger partial charge in [0.2, 0.25) is 4.96 Å². The van der Waals surface area contributed by atoms with Gasteiger partial charge in [-0.1, -0.05) is 49.4 Å². The molecule has 7 nitrogen and oxygen atoms in total. The summed E-state index contributed by atoms with van der Waals surface area (Å²) in [5, 5.41) is 8.02. The number of ether oxygens (including phenoxy) is 1. The minimum Gasteiger partial charge on any atom is -0.487 e. The van der Waals surface area contributed by atoms with Crippen molar-refractivity contribution in [3.8, 4) is 5.75 Å². The summed E-state index contributed by atoms with van der Waals surface area (Å²) in [6.07, 6.45) is 0. The van der Waals surface area contributed by atoms with E-state index < -0.39 is 0 Å². The lowest BCUT2D eigenvalue weighted by molar-refractivity contribution is 0.102. The SMILES string of the molecule is CC(C)c1nn2c(=O)cc(COc3cccc(NC(=O)c4ccccc4)c3)nc2s1. The molecule has 0 unspecified atom stereocenters. The Morgan fingerprint density at radius 2 is 1.93 bits per heavy atom. The zero-order valence-electron chi connectivity index (χ0n) is 16.5. The topological polar surface area (TPSA) is 85.6 Å². The number of benzene rings is 2. The van der Waals surface area contributed by atoms with Crippen molar-refractivity contribution in [2.24, 2.45) is 0 Å². The minimum atomic E-state index is -0.231. The Bertz CT molecular complexity index is 1250. The van der Waals surface area contributed by atoms with Gasteiger partial charge in [0.1, 0.15) is 17.4 Å². The van der Waals surface area contributed by atoms with Crippen molar-refractivity contribution in [2.45, 2.75) is 26.4 Å². The third kappa shape index (κ3) is 4.38. The molecule has 0 radical (unpaired) electrons. The molecule has 1 amide bonds. The van der Waals surface area contributed by atoms with Crippen molar-refractivity contribution in [3.63, 3.8) is 0 Å². The lowest BCUT2D eigenvalue weighted by Gasteiger charge is -2.09. The quantitative estimate of drug-likeness (QED) is 0.507. The number of aromatic nitrogens is 3. The van der Waals surface area contributed by atoms with Crippen LogP contribution in [0.15, 0.2) is 65.5 Å². The van der Waals surface area contributed by atoms with Gasteiger partial charge in [-0.2, -0.15) is 9.61 Å². The molecule has 2 aromatic heterocycles. The van der Waals surface area contributed by atoms with Crippen molar-refractivity contribution < 1.29 is 9.53 Å². The van der Waals surface area contributed by atoms with Crippen LogP contribution < -0.4 is 15.6 Å². The number of carbonyl (C=O) groups is 1. The molecular weight excluding hydrogens is 400 g/mol. The summed E-state index contributed by atoms with van der Waals surface area (Å²) >= 11 is 1.40. The van der Waals surface area contributed by atoms with E-state index in [0.717, 1.165) is 5.01 Å². The van der Waals surface area contributed by atoms with Crippen LogP contribution in [0.3, 0.4) is 0 Å². The molecule has 0 bridgehead atoms. The van der Waals surface area contributed by atoms with E-state index in [0.29, 0.717) is 27.7 Å². The van der Waals surface area contributed by atoms with E-state index >= 15 is 0 Å². The summed E-state index contributed by atoms with van der Waals surface area (Å²) in [5.41, 5.74) is 1.49. The van der Waals surface area contributed by atoms with Crippen LogP contribution in [0.5, 0.6) is 5.75 Å². The molecule has 0 aliphatic rings.